The number of piperazine rings is 1. The van der Waals surface area contributed by atoms with Gasteiger partial charge in [-0.25, -0.2) is 14.7 Å². The molecule has 1 aromatic rings. The molecule has 7 nitrogen and oxygen atoms in total. The number of fused-ring (bicyclic) bond motifs is 1. The monoisotopic (exact) mass is 237 g/mol. The number of rotatable bonds is 1. The SMILES string of the molecule is Cc1nc2n(n1)CN(N1CCN(C)CC1)CN2. The third-order valence-corrected chi connectivity index (χ3v) is 3.37. The lowest BCUT2D eigenvalue weighted by atomic mass is 10.4. The topological polar surface area (TPSA) is 52.5 Å². The van der Waals surface area contributed by atoms with Gasteiger partial charge in [-0.2, -0.15) is 10.1 Å². The van der Waals surface area contributed by atoms with Gasteiger partial charge in [0.25, 0.3) is 0 Å². The fraction of sp³-hybridized carbons (Fsp3) is 0.800. The fourth-order valence-electron chi connectivity index (χ4n) is 2.32. The van der Waals surface area contributed by atoms with E-state index in [4.69, 9.17) is 0 Å². The maximum atomic E-state index is 4.38. The largest absolute Gasteiger partial charge is 0.340 e. The molecule has 0 aliphatic carbocycles. The van der Waals surface area contributed by atoms with E-state index < -0.39 is 0 Å². The number of hydrogen-bond acceptors (Lipinski definition) is 6. The number of hydrogen-bond donors (Lipinski definition) is 1. The highest BCUT2D eigenvalue weighted by atomic mass is 15.7. The predicted molar refractivity (Wildman–Crippen MR) is 64.2 cm³/mol. The van der Waals surface area contributed by atoms with E-state index in [9.17, 15) is 0 Å². The molecule has 3 heterocycles. The molecule has 1 saturated heterocycles. The molecule has 0 aromatic carbocycles. The van der Waals surface area contributed by atoms with Crippen molar-refractivity contribution in [1.29, 1.82) is 0 Å². The zero-order valence-electron chi connectivity index (χ0n) is 10.4. The van der Waals surface area contributed by atoms with Crippen molar-refractivity contribution >= 4 is 5.95 Å². The van der Waals surface area contributed by atoms with E-state index in [0.29, 0.717) is 0 Å². The van der Waals surface area contributed by atoms with Crippen LogP contribution in [-0.4, -0.2) is 69.6 Å². The van der Waals surface area contributed by atoms with Crippen molar-refractivity contribution in [3.63, 3.8) is 0 Å². The van der Waals surface area contributed by atoms with E-state index in [1.807, 2.05) is 11.6 Å². The summed E-state index contributed by atoms with van der Waals surface area (Å²) in [6, 6.07) is 0. The fourth-order valence-corrected chi connectivity index (χ4v) is 2.32. The highest BCUT2D eigenvalue weighted by Gasteiger charge is 2.25. The lowest BCUT2D eigenvalue weighted by Crippen LogP contribution is -2.55. The number of aryl methyl sites for hydroxylation is 1. The Balaban J connectivity index is 1.67. The first kappa shape index (κ1) is 10.9. The van der Waals surface area contributed by atoms with Crippen molar-refractivity contribution in [2.24, 2.45) is 0 Å². The molecule has 94 valence electrons. The molecule has 2 aliphatic rings. The summed E-state index contributed by atoms with van der Waals surface area (Å²) in [4.78, 5) is 6.69. The maximum absolute atomic E-state index is 4.38. The summed E-state index contributed by atoms with van der Waals surface area (Å²) in [5.74, 6) is 1.71. The number of anilines is 1. The van der Waals surface area contributed by atoms with Crippen LogP contribution in [0.2, 0.25) is 0 Å². The van der Waals surface area contributed by atoms with Gasteiger partial charge in [-0.1, -0.05) is 0 Å². The minimum atomic E-state index is 0.798. The Bertz CT molecular complexity index is 393. The second-order valence-electron chi connectivity index (χ2n) is 4.72. The summed E-state index contributed by atoms with van der Waals surface area (Å²) in [5, 5.41) is 12.4. The average Bonchev–Trinajstić information content (AvgIpc) is 2.69. The Hall–Kier alpha value is -1.18. The lowest BCUT2D eigenvalue weighted by Gasteiger charge is -2.41. The Kier molecular flexibility index (Phi) is 2.73. The van der Waals surface area contributed by atoms with Gasteiger partial charge in [-0.3, -0.25) is 0 Å². The molecule has 0 amide bonds. The highest BCUT2D eigenvalue weighted by Crippen LogP contribution is 2.14. The Morgan fingerprint density at radius 3 is 2.65 bits per heavy atom. The number of hydrazine groups is 1. The van der Waals surface area contributed by atoms with E-state index in [2.05, 4.69) is 37.4 Å². The predicted octanol–water partition coefficient (Wildman–Crippen LogP) is -0.609. The molecule has 2 aliphatic heterocycles. The summed E-state index contributed by atoms with van der Waals surface area (Å²) in [7, 11) is 2.17. The van der Waals surface area contributed by atoms with Crippen LogP contribution in [0.25, 0.3) is 0 Å². The molecule has 3 rings (SSSR count). The average molecular weight is 237 g/mol. The third kappa shape index (κ3) is 2.13. The van der Waals surface area contributed by atoms with Gasteiger partial charge in [-0.05, 0) is 14.0 Å². The van der Waals surface area contributed by atoms with E-state index in [-0.39, 0.29) is 0 Å². The molecule has 0 saturated carbocycles. The zero-order chi connectivity index (χ0) is 11.8. The van der Waals surface area contributed by atoms with Crippen LogP contribution in [0.3, 0.4) is 0 Å². The Morgan fingerprint density at radius 2 is 1.88 bits per heavy atom. The van der Waals surface area contributed by atoms with E-state index >= 15 is 0 Å². The van der Waals surface area contributed by atoms with Gasteiger partial charge in [0, 0.05) is 26.2 Å². The smallest absolute Gasteiger partial charge is 0.223 e. The summed E-state index contributed by atoms with van der Waals surface area (Å²) in [6.45, 7) is 7.96. The molecule has 0 radical (unpaired) electrons. The molecule has 0 atom stereocenters. The van der Waals surface area contributed by atoms with Gasteiger partial charge < -0.3 is 10.2 Å². The maximum Gasteiger partial charge on any atom is 0.223 e. The van der Waals surface area contributed by atoms with Crippen LogP contribution in [0.15, 0.2) is 0 Å². The van der Waals surface area contributed by atoms with Crippen molar-refractivity contribution in [3.8, 4) is 0 Å². The van der Waals surface area contributed by atoms with Crippen molar-refractivity contribution in [2.75, 3.05) is 45.2 Å². The van der Waals surface area contributed by atoms with Crippen LogP contribution in [-0.2, 0) is 6.67 Å². The number of nitrogens with zero attached hydrogens (tertiary/aromatic N) is 6. The quantitative estimate of drug-likeness (QED) is 0.703. The zero-order valence-corrected chi connectivity index (χ0v) is 10.4. The van der Waals surface area contributed by atoms with E-state index in [1.165, 1.54) is 0 Å². The second kappa shape index (κ2) is 4.25. The summed E-state index contributed by atoms with van der Waals surface area (Å²) < 4.78 is 1.93. The number of aromatic nitrogens is 3. The molecule has 1 N–H and O–H groups in total. The van der Waals surface area contributed by atoms with Gasteiger partial charge in [-0.15, -0.1) is 0 Å². The molecular weight excluding hydrogens is 218 g/mol. The number of likely N-dealkylation sites (N-methyl/N-ethyl adjacent to an activating group) is 1. The van der Waals surface area contributed by atoms with Crippen LogP contribution >= 0.6 is 0 Å². The van der Waals surface area contributed by atoms with Crippen LogP contribution in [0.1, 0.15) is 5.82 Å². The minimum Gasteiger partial charge on any atom is -0.340 e. The van der Waals surface area contributed by atoms with Crippen LogP contribution in [0, 0.1) is 6.92 Å². The van der Waals surface area contributed by atoms with Gasteiger partial charge in [0.2, 0.25) is 5.95 Å². The molecular formula is C10H19N7. The lowest BCUT2D eigenvalue weighted by molar-refractivity contribution is -0.0770. The Labute approximate surface area is 101 Å². The molecule has 1 fully saturated rings. The van der Waals surface area contributed by atoms with Crippen LogP contribution in [0.4, 0.5) is 5.95 Å². The van der Waals surface area contributed by atoms with Crippen LogP contribution < -0.4 is 5.32 Å². The van der Waals surface area contributed by atoms with Crippen molar-refractivity contribution in [2.45, 2.75) is 13.6 Å². The van der Waals surface area contributed by atoms with E-state index in [0.717, 1.165) is 51.3 Å². The molecule has 0 bridgehead atoms. The highest BCUT2D eigenvalue weighted by molar-refractivity contribution is 5.25. The third-order valence-electron chi connectivity index (χ3n) is 3.37. The molecule has 7 heteroatoms. The first-order valence-electron chi connectivity index (χ1n) is 6.06. The summed E-state index contributed by atoms with van der Waals surface area (Å²) in [5.41, 5.74) is 0. The van der Waals surface area contributed by atoms with Crippen molar-refractivity contribution < 1.29 is 0 Å². The molecule has 0 spiro atoms. The first-order chi connectivity index (χ1) is 8.22. The molecule has 1 aromatic heterocycles. The van der Waals surface area contributed by atoms with Gasteiger partial charge in [0.1, 0.15) is 12.5 Å². The second-order valence-corrected chi connectivity index (χ2v) is 4.72. The molecule has 0 unspecified atom stereocenters. The van der Waals surface area contributed by atoms with E-state index in [1.54, 1.807) is 0 Å². The summed E-state index contributed by atoms with van der Waals surface area (Å²) in [6.07, 6.45) is 0. The van der Waals surface area contributed by atoms with Crippen LogP contribution in [0.5, 0.6) is 0 Å². The van der Waals surface area contributed by atoms with Gasteiger partial charge >= 0.3 is 0 Å². The first-order valence-corrected chi connectivity index (χ1v) is 6.06. The van der Waals surface area contributed by atoms with Crippen molar-refractivity contribution in [1.82, 2.24) is 29.7 Å². The summed E-state index contributed by atoms with van der Waals surface area (Å²) >= 11 is 0. The van der Waals surface area contributed by atoms with Gasteiger partial charge in [0.15, 0.2) is 0 Å². The Morgan fingerprint density at radius 1 is 1.12 bits per heavy atom. The standard InChI is InChI=1S/C10H19N7/c1-9-12-10-11-7-16(8-17(10)13-9)15-5-3-14(2)4-6-15/h3-8H2,1-2H3,(H,11,12,13). The van der Waals surface area contributed by atoms with Gasteiger partial charge in [0.05, 0.1) is 6.67 Å². The molecule has 17 heavy (non-hydrogen) atoms. The normalized spacial score (nSPS) is 23.4. The number of nitrogens with one attached hydrogen (secondary N) is 1. The van der Waals surface area contributed by atoms with Crippen molar-refractivity contribution in [3.05, 3.63) is 5.82 Å². The minimum absolute atomic E-state index is 0.798.